The molecule has 1 unspecified atom stereocenters. The minimum atomic E-state index is -0.746. The Morgan fingerprint density at radius 2 is 1.70 bits per heavy atom. The maximum atomic E-state index is 12.9. The van der Waals surface area contributed by atoms with E-state index in [0.717, 1.165) is 18.4 Å². The van der Waals surface area contributed by atoms with E-state index in [0.29, 0.717) is 12.2 Å². The summed E-state index contributed by atoms with van der Waals surface area (Å²) in [6, 6.07) is 20.8. The molecule has 0 spiro atoms. The fourth-order valence-electron chi connectivity index (χ4n) is 3.32. The summed E-state index contributed by atoms with van der Waals surface area (Å²) < 4.78 is 6.81. The second kappa shape index (κ2) is 10.6. The zero-order valence-corrected chi connectivity index (χ0v) is 18.1. The number of nitrogens with zero attached hydrogens (tertiary/aromatic N) is 2. The number of aromatic nitrogens is 2. The Bertz CT molecular complexity index is 1140. The molecule has 1 atom stereocenters. The van der Waals surface area contributed by atoms with Gasteiger partial charge in [-0.15, -0.1) is 0 Å². The number of hydrogen-bond donors (Lipinski definition) is 2. The summed E-state index contributed by atoms with van der Waals surface area (Å²) in [5, 5.41) is 9.91. The zero-order valence-electron chi connectivity index (χ0n) is 18.1. The number of carbonyl (C=O) groups is 2. The molecule has 0 aliphatic heterocycles. The van der Waals surface area contributed by atoms with E-state index in [2.05, 4.69) is 15.7 Å². The fraction of sp³-hybridized carbons (Fsp3) is 0.280. The van der Waals surface area contributed by atoms with Crippen molar-refractivity contribution in [2.45, 2.75) is 37.9 Å². The molecule has 33 heavy (non-hydrogen) atoms. The third-order valence-corrected chi connectivity index (χ3v) is 5.24. The SMILES string of the molecule is O=C(NC(Cc1ccccc1)C(=O)NC1CC1)c1ccc(=O)n(CCOc2ccccc2)n1. The van der Waals surface area contributed by atoms with Crippen molar-refractivity contribution >= 4 is 11.8 Å². The van der Waals surface area contributed by atoms with Crippen molar-refractivity contribution in [3.63, 3.8) is 0 Å². The van der Waals surface area contributed by atoms with Crippen molar-refractivity contribution < 1.29 is 14.3 Å². The van der Waals surface area contributed by atoms with E-state index in [4.69, 9.17) is 4.74 Å². The van der Waals surface area contributed by atoms with Gasteiger partial charge < -0.3 is 15.4 Å². The molecule has 2 amide bonds. The van der Waals surface area contributed by atoms with Crippen LogP contribution in [0.2, 0.25) is 0 Å². The number of benzene rings is 2. The van der Waals surface area contributed by atoms with Gasteiger partial charge in [-0.1, -0.05) is 48.5 Å². The summed E-state index contributed by atoms with van der Waals surface area (Å²) in [6.45, 7) is 0.410. The average molecular weight is 447 g/mol. The summed E-state index contributed by atoms with van der Waals surface area (Å²) in [6.07, 6.45) is 2.26. The Hall–Kier alpha value is -3.94. The van der Waals surface area contributed by atoms with E-state index in [-0.39, 0.29) is 36.4 Å². The van der Waals surface area contributed by atoms with Crippen LogP contribution in [0, 0.1) is 0 Å². The van der Waals surface area contributed by atoms with Crippen LogP contribution >= 0.6 is 0 Å². The van der Waals surface area contributed by atoms with Gasteiger partial charge in [-0.25, -0.2) is 4.68 Å². The number of carbonyl (C=O) groups excluding carboxylic acids is 2. The highest BCUT2D eigenvalue weighted by Crippen LogP contribution is 2.19. The molecule has 8 nitrogen and oxygen atoms in total. The molecule has 8 heteroatoms. The summed E-state index contributed by atoms with van der Waals surface area (Å²) >= 11 is 0. The summed E-state index contributed by atoms with van der Waals surface area (Å²) in [5.41, 5.74) is 0.659. The summed E-state index contributed by atoms with van der Waals surface area (Å²) in [4.78, 5) is 37.8. The summed E-state index contributed by atoms with van der Waals surface area (Å²) in [5.74, 6) is -0.0521. The van der Waals surface area contributed by atoms with Gasteiger partial charge in [-0.2, -0.15) is 5.10 Å². The van der Waals surface area contributed by atoms with Gasteiger partial charge in [-0.05, 0) is 36.6 Å². The van der Waals surface area contributed by atoms with Crippen LogP contribution in [0.15, 0.2) is 77.6 Å². The number of ether oxygens (including phenoxy) is 1. The van der Waals surface area contributed by atoms with Crippen molar-refractivity contribution in [2.24, 2.45) is 0 Å². The molecule has 1 saturated carbocycles. The Morgan fingerprint density at radius 3 is 2.39 bits per heavy atom. The second-order valence-electron chi connectivity index (χ2n) is 7.94. The van der Waals surface area contributed by atoms with Crippen molar-refractivity contribution in [2.75, 3.05) is 6.61 Å². The molecule has 170 valence electrons. The Labute approximate surface area is 191 Å². The molecule has 0 bridgehead atoms. The molecule has 1 aromatic heterocycles. The molecule has 1 heterocycles. The van der Waals surface area contributed by atoms with Gasteiger partial charge in [0.1, 0.15) is 24.1 Å². The first-order valence-electron chi connectivity index (χ1n) is 11.0. The predicted molar refractivity (Wildman–Crippen MR) is 123 cm³/mol. The van der Waals surface area contributed by atoms with Crippen LogP contribution in [0.1, 0.15) is 28.9 Å². The van der Waals surface area contributed by atoms with Gasteiger partial charge in [0.05, 0.1) is 6.54 Å². The van der Waals surface area contributed by atoms with Crippen LogP contribution in [0.25, 0.3) is 0 Å². The first-order valence-corrected chi connectivity index (χ1v) is 11.0. The highest BCUT2D eigenvalue weighted by molar-refractivity contribution is 5.96. The van der Waals surface area contributed by atoms with E-state index in [1.165, 1.54) is 16.8 Å². The lowest BCUT2D eigenvalue weighted by atomic mass is 10.0. The van der Waals surface area contributed by atoms with Crippen LogP contribution in [0.4, 0.5) is 0 Å². The quantitative estimate of drug-likeness (QED) is 0.496. The topological polar surface area (TPSA) is 102 Å². The highest BCUT2D eigenvalue weighted by Gasteiger charge is 2.29. The lowest BCUT2D eigenvalue weighted by Gasteiger charge is -2.18. The van der Waals surface area contributed by atoms with Crippen LogP contribution in [-0.4, -0.2) is 40.3 Å². The van der Waals surface area contributed by atoms with Crippen molar-refractivity contribution in [3.8, 4) is 5.75 Å². The Kier molecular flexibility index (Phi) is 7.14. The number of para-hydroxylation sites is 1. The molecule has 3 aromatic rings. The van der Waals surface area contributed by atoms with Gasteiger partial charge in [0, 0.05) is 18.5 Å². The average Bonchev–Trinajstić information content (AvgIpc) is 3.65. The number of hydrogen-bond acceptors (Lipinski definition) is 5. The van der Waals surface area contributed by atoms with Gasteiger partial charge in [0.15, 0.2) is 0 Å². The van der Waals surface area contributed by atoms with E-state index >= 15 is 0 Å². The first-order chi connectivity index (χ1) is 16.1. The summed E-state index contributed by atoms with van der Waals surface area (Å²) in [7, 11) is 0. The molecule has 1 aliphatic rings. The molecule has 1 aliphatic carbocycles. The molecule has 2 N–H and O–H groups in total. The van der Waals surface area contributed by atoms with Crippen LogP contribution in [-0.2, 0) is 17.8 Å². The Balaban J connectivity index is 1.42. The van der Waals surface area contributed by atoms with E-state index < -0.39 is 11.9 Å². The fourth-order valence-corrected chi connectivity index (χ4v) is 3.32. The van der Waals surface area contributed by atoms with Gasteiger partial charge >= 0.3 is 0 Å². The van der Waals surface area contributed by atoms with Crippen LogP contribution in [0.5, 0.6) is 5.75 Å². The van der Waals surface area contributed by atoms with Gasteiger partial charge in [-0.3, -0.25) is 14.4 Å². The van der Waals surface area contributed by atoms with Crippen molar-refractivity contribution in [1.29, 1.82) is 0 Å². The number of rotatable bonds is 10. The highest BCUT2D eigenvalue weighted by atomic mass is 16.5. The number of amides is 2. The minimum absolute atomic E-state index is 0.0617. The van der Waals surface area contributed by atoms with E-state index in [9.17, 15) is 14.4 Å². The third-order valence-electron chi connectivity index (χ3n) is 5.24. The zero-order chi connectivity index (χ0) is 23.0. The lowest BCUT2D eigenvalue weighted by molar-refractivity contribution is -0.123. The van der Waals surface area contributed by atoms with Crippen molar-refractivity contribution in [1.82, 2.24) is 20.4 Å². The van der Waals surface area contributed by atoms with Crippen LogP contribution in [0.3, 0.4) is 0 Å². The molecule has 2 aromatic carbocycles. The van der Waals surface area contributed by atoms with Crippen LogP contribution < -0.4 is 20.9 Å². The molecule has 1 fully saturated rings. The van der Waals surface area contributed by atoms with E-state index in [1.807, 2.05) is 60.7 Å². The smallest absolute Gasteiger partial charge is 0.272 e. The largest absolute Gasteiger partial charge is 0.492 e. The maximum Gasteiger partial charge on any atom is 0.272 e. The molecule has 0 saturated heterocycles. The van der Waals surface area contributed by atoms with Gasteiger partial charge in [0.25, 0.3) is 11.5 Å². The van der Waals surface area contributed by atoms with E-state index in [1.54, 1.807) is 0 Å². The standard InChI is InChI=1S/C25H26N4O4/c30-23-14-13-21(28-29(23)15-16-33-20-9-5-2-6-10-20)24(31)27-22(25(32)26-19-11-12-19)17-18-7-3-1-4-8-18/h1-10,13-14,19,22H,11-12,15-17H2,(H,26,32)(H,27,31). The van der Waals surface area contributed by atoms with Crippen molar-refractivity contribution in [3.05, 3.63) is 94.4 Å². The molecule has 0 radical (unpaired) electrons. The van der Waals surface area contributed by atoms with Gasteiger partial charge in [0.2, 0.25) is 5.91 Å². The second-order valence-corrected chi connectivity index (χ2v) is 7.94. The minimum Gasteiger partial charge on any atom is -0.492 e. The lowest BCUT2D eigenvalue weighted by Crippen LogP contribution is -2.49. The maximum absolute atomic E-state index is 12.9. The third kappa shape index (κ3) is 6.52. The number of nitrogens with one attached hydrogen (secondary N) is 2. The first kappa shape index (κ1) is 22.3. The molecular weight excluding hydrogens is 420 g/mol. The molecule has 4 rings (SSSR count). The molecular formula is C25H26N4O4. The monoisotopic (exact) mass is 446 g/mol. The Morgan fingerprint density at radius 1 is 1.00 bits per heavy atom. The predicted octanol–water partition coefficient (Wildman–Crippen LogP) is 1.94. The normalized spacial score (nSPS) is 13.7.